The van der Waals surface area contributed by atoms with Gasteiger partial charge in [-0.1, -0.05) is 60.7 Å². The lowest BCUT2D eigenvalue weighted by Crippen LogP contribution is -2.50. The maximum atomic E-state index is 14.6. The highest BCUT2D eigenvalue weighted by atomic mass is 32.2. The first-order valence-electron chi connectivity index (χ1n) is 12.7. The van der Waals surface area contributed by atoms with E-state index in [1.54, 1.807) is 25.1 Å². The fourth-order valence-electron chi connectivity index (χ4n) is 4.29. The number of carbonyl (C=O) groups is 2. The Bertz CT molecular complexity index is 1370. The highest BCUT2D eigenvalue weighted by Gasteiger charge is 2.31. The van der Waals surface area contributed by atoms with Gasteiger partial charge in [-0.2, -0.15) is 0 Å². The third-order valence-corrected chi connectivity index (χ3v) is 7.37. The number of hydrogen-bond donors (Lipinski definition) is 1. The monoisotopic (exact) mass is 557 g/mol. The predicted molar refractivity (Wildman–Crippen MR) is 147 cm³/mol. The summed E-state index contributed by atoms with van der Waals surface area (Å²) in [6.07, 6.45) is 1.09. The summed E-state index contributed by atoms with van der Waals surface area (Å²) in [5.41, 5.74) is 0.958. The molecule has 39 heavy (non-hydrogen) atoms. The maximum Gasteiger partial charge on any atom is 0.243 e. The summed E-state index contributed by atoms with van der Waals surface area (Å²) in [5, 5.41) is 2.77. The summed E-state index contributed by atoms with van der Waals surface area (Å²) in [6, 6.07) is 19.8. The Labute approximate surface area is 228 Å². The molecule has 2 amide bonds. The maximum absolute atomic E-state index is 14.6. The Balaban J connectivity index is 1.88. The molecule has 1 N–H and O–H groups in total. The van der Waals surface area contributed by atoms with Gasteiger partial charge in [-0.15, -0.1) is 0 Å². The number of rotatable bonds is 13. The Morgan fingerprint density at radius 1 is 0.897 bits per heavy atom. The van der Waals surface area contributed by atoms with Crippen molar-refractivity contribution in [2.45, 2.75) is 38.8 Å². The van der Waals surface area contributed by atoms with Crippen LogP contribution in [0.3, 0.4) is 0 Å². The van der Waals surface area contributed by atoms with Gasteiger partial charge >= 0.3 is 0 Å². The number of nitrogens with zero attached hydrogens (tertiary/aromatic N) is 2. The Hall–Kier alpha value is -3.79. The van der Waals surface area contributed by atoms with Crippen LogP contribution in [0, 0.1) is 11.6 Å². The van der Waals surface area contributed by atoms with Crippen LogP contribution in [-0.4, -0.2) is 50.5 Å². The van der Waals surface area contributed by atoms with Crippen LogP contribution in [0.5, 0.6) is 0 Å². The summed E-state index contributed by atoms with van der Waals surface area (Å²) < 4.78 is 54.7. The lowest BCUT2D eigenvalue weighted by atomic mass is 10.0. The smallest absolute Gasteiger partial charge is 0.243 e. The second-order valence-electron chi connectivity index (χ2n) is 9.10. The average Bonchev–Trinajstić information content (AvgIpc) is 2.90. The zero-order chi connectivity index (χ0) is 28.4. The molecule has 0 saturated carbocycles. The minimum Gasteiger partial charge on any atom is -0.355 e. The molecular formula is C29H33F2N3O4S. The summed E-state index contributed by atoms with van der Waals surface area (Å²) in [7, 11) is -3.84. The Morgan fingerprint density at radius 2 is 1.51 bits per heavy atom. The van der Waals surface area contributed by atoms with E-state index in [1.165, 1.54) is 29.2 Å². The topological polar surface area (TPSA) is 86.8 Å². The van der Waals surface area contributed by atoms with Crippen LogP contribution in [0.25, 0.3) is 0 Å². The molecule has 0 unspecified atom stereocenters. The number of halogens is 2. The van der Waals surface area contributed by atoms with Crippen molar-refractivity contribution in [1.82, 2.24) is 10.2 Å². The minimum atomic E-state index is -3.84. The number of benzene rings is 3. The van der Waals surface area contributed by atoms with E-state index in [4.69, 9.17) is 0 Å². The molecule has 3 aromatic rings. The van der Waals surface area contributed by atoms with E-state index in [0.29, 0.717) is 6.54 Å². The van der Waals surface area contributed by atoms with Crippen molar-refractivity contribution in [3.63, 3.8) is 0 Å². The highest BCUT2D eigenvalue weighted by Crippen LogP contribution is 2.23. The van der Waals surface area contributed by atoms with Crippen LogP contribution in [-0.2, 0) is 32.6 Å². The van der Waals surface area contributed by atoms with E-state index in [1.807, 2.05) is 30.3 Å². The van der Waals surface area contributed by atoms with Crippen LogP contribution >= 0.6 is 0 Å². The number of likely N-dealkylation sites (N-methyl/N-ethyl adjacent to an activating group) is 1. The van der Waals surface area contributed by atoms with Gasteiger partial charge in [-0.25, -0.2) is 17.2 Å². The third kappa shape index (κ3) is 8.35. The summed E-state index contributed by atoms with van der Waals surface area (Å²) >= 11 is 0. The zero-order valence-corrected chi connectivity index (χ0v) is 22.8. The van der Waals surface area contributed by atoms with Gasteiger partial charge < -0.3 is 10.2 Å². The molecule has 0 spiro atoms. The predicted octanol–water partition coefficient (Wildman–Crippen LogP) is 4.29. The first-order chi connectivity index (χ1) is 18.6. The number of para-hydroxylation sites is 1. The average molecular weight is 558 g/mol. The summed E-state index contributed by atoms with van der Waals surface area (Å²) in [5.74, 6) is -2.04. The van der Waals surface area contributed by atoms with Crippen LogP contribution in [0.1, 0.15) is 30.9 Å². The van der Waals surface area contributed by atoms with Gasteiger partial charge in [0.25, 0.3) is 0 Å². The fraction of sp³-hybridized carbons (Fsp3) is 0.310. The molecule has 0 radical (unpaired) electrons. The van der Waals surface area contributed by atoms with Gasteiger partial charge in [0, 0.05) is 38.0 Å². The second kappa shape index (κ2) is 13.8. The van der Waals surface area contributed by atoms with E-state index < -0.39 is 33.6 Å². The van der Waals surface area contributed by atoms with Crippen LogP contribution in [0.4, 0.5) is 14.5 Å². The zero-order valence-electron chi connectivity index (χ0n) is 22.0. The molecule has 0 bridgehead atoms. The van der Waals surface area contributed by atoms with E-state index in [9.17, 15) is 26.8 Å². The molecule has 1 atom stereocenters. The molecule has 0 heterocycles. The van der Waals surface area contributed by atoms with Crippen molar-refractivity contribution in [2.24, 2.45) is 0 Å². The lowest BCUT2D eigenvalue weighted by molar-refractivity contribution is -0.141. The quantitative estimate of drug-likeness (QED) is 0.340. The van der Waals surface area contributed by atoms with Crippen molar-refractivity contribution in [2.75, 3.05) is 23.7 Å². The van der Waals surface area contributed by atoms with E-state index >= 15 is 0 Å². The number of sulfonamides is 1. The molecule has 0 aliphatic heterocycles. The normalized spacial score (nSPS) is 12.0. The first kappa shape index (κ1) is 29.8. The van der Waals surface area contributed by atoms with Gasteiger partial charge in [0.1, 0.15) is 17.7 Å². The SMILES string of the molecule is CCNC(=O)[C@@H](Cc1ccccc1)N(Cc1ccccc1F)C(=O)CCCN(c1ccccc1F)S(C)(=O)=O. The fourth-order valence-corrected chi connectivity index (χ4v) is 5.26. The van der Waals surface area contributed by atoms with Crippen LogP contribution < -0.4 is 9.62 Å². The van der Waals surface area contributed by atoms with Crippen molar-refractivity contribution in [3.8, 4) is 0 Å². The van der Waals surface area contributed by atoms with Crippen LogP contribution in [0.2, 0.25) is 0 Å². The molecule has 0 aromatic heterocycles. The molecule has 0 aliphatic carbocycles. The second-order valence-corrected chi connectivity index (χ2v) is 11.0. The minimum absolute atomic E-state index is 0.0570. The summed E-state index contributed by atoms with van der Waals surface area (Å²) in [6.45, 7) is 1.81. The standard InChI is InChI=1S/C29H33F2N3O4S/c1-3-32-29(36)27(20-22-12-5-4-6-13-22)33(21-23-14-7-8-15-24(23)30)28(35)18-11-19-34(39(2,37)38)26-17-10-9-16-25(26)31/h4-10,12-17,27H,3,11,18-21H2,1-2H3,(H,32,36)/t27-/m1/s1. The molecule has 0 saturated heterocycles. The Kier molecular flexibility index (Phi) is 10.6. The molecule has 0 fully saturated rings. The van der Waals surface area contributed by atoms with Gasteiger partial charge in [-0.3, -0.25) is 13.9 Å². The van der Waals surface area contributed by atoms with E-state index in [2.05, 4.69) is 5.32 Å². The number of hydrogen-bond acceptors (Lipinski definition) is 4. The van der Waals surface area contributed by atoms with Gasteiger partial charge in [0.15, 0.2) is 0 Å². The Morgan fingerprint density at radius 3 is 2.13 bits per heavy atom. The van der Waals surface area contributed by atoms with Crippen molar-refractivity contribution < 1.29 is 26.8 Å². The third-order valence-electron chi connectivity index (χ3n) is 6.19. The molecule has 0 aliphatic rings. The number of carbonyl (C=O) groups excluding carboxylic acids is 2. The number of nitrogens with one attached hydrogen (secondary N) is 1. The largest absolute Gasteiger partial charge is 0.355 e. The van der Waals surface area contributed by atoms with Gasteiger partial charge in [0.2, 0.25) is 21.8 Å². The summed E-state index contributed by atoms with van der Waals surface area (Å²) in [4.78, 5) is 28.1. The number of amides is 2. The van der Waals surface area contributed by atoms with E-state index in [0.717, 1.165) is 22.2 Å². The van der Waals surface area contributed by atoms with Crippen molar-refractivity contribution in [1.29, 1.82) is 0 Å². The molecular weight excluding hydrogens is 524 g/mol. The highest BCUT2D eigenvalue weighted by molar-refractivity contribution is 7.92. The molecule has 3 rings (SSSR count). The first-order valence-corrected chi connectivity index (χ1v) is 14.5. The molecule has 10 heteroatoms. The van der Waals surface area contributed by atoms with Gasteiger partial charge in [-0.05, 0) is 37.1 Å². The molecule has 7 nitrogen and oxygen atoms in total. The lowest BCUT2D eigenvalue weighted by Gasteiger charge is -2.32. The molecule has 3 aromatic carbocycles. The van der Waals surface area contributed by atoms with Gasteiger partial charge in [0.05, 0.1) is 11.9 Å². The van der Waals surface area contributed by atoms with E-state index in [-0.39, 0.29) is 49.5 Å². The van der Waals surface area contributed by atoms with Crippen molar-refractivity contribution in [3.05, 3.63) is 102 Å². The van der Waals surface area contributed by atoms with Crippen LogP contribution in [0.15, 0.2) is 78.9 Å². The number of anilines is 1. The molecule has 208 valence electrons. The van der Waals surface area contributed by atoms with Crippen molar-refractivity contribution >= 4 is 27.5 Å².